The van der Waals surface area contributed by atoms with E-state index in [1.165, 1.54) is 0 Å². The number of hydrogen-bond acceptors (Lipinski definition) is 12. The summed E-state index contributed by atoms with van der Waals surface area (Å²) in [6, 6.07) is 0. The molecular weight excluding hydrogens is 862 g/mol. The molecule has 0 aliphatic heterocycles. The Morgan fingerprint density at radius 1 is 0.385 bits per heavy atom. The summed E-state index contributed by atoms with van der Waals surface area (Å²) >= 11 is 0. The fraction of sp³-hybridized carbons (Fsp3) is 1.00. The van der Waals surface area contributed by atoms with E-state index in [1.807, 2.05) is 20.8 Å². The maximum absolute atomic E-state index is 11.4. The van der Waals surface area contributed by atoms with Gasteiger partial charge in [0.1, 0.15) is 0 Å². The smallest absolute Gasteiger partial charge is 0.756 e. The molecule has 0 aromatic rings. The summed E-state index contributed by atoms with van der Waals surface area (Å²) in [6.45, 7) is 19.9. The fourth-order valence-corrected chi connectivity index (χ4v) is 6.82. The first-order chi connectivity index (χ1) is 24.2. The molecule has 16 heteroatoms. The van der Waals surface area contributed by atoms with Gasteiger partial charge in [-0.2, -0.15) is 0 Å². The quantitative estimate of drug-likeness (QED) is 0.0450. The van der Waals surface area contributed by atoms with Crippen molar-refractivity contribution >= 4 is 23.5 Å². The van der Waals surface area contributed by atoms with Gasteiger partial charge in [-0.05, 0) is 56.3 Å². The Morgan fingerprint density at radius 2 is 0.596 bits per heavy atom. The molecule has 0 fully saturated rings. The molecule has 313 valence electrons. The predicted molar refractivity (Wildman–Crippen MR) is 203 cm³/mol. The van der Waals surface area contributed by atoms with E-state index in [-0.39, 0.29) is 80.5 Å². The molecule has 0 saturated heterocycles. The van der Waals surface area contributed by atoms with Crippen molar-refractivity contribution in [1.29, 1.82) is 0 Å². The molecule has 0 spiro atoms. The van der Waals surface area contributed by atoms with E-state index in [1.54, 1.807) is 0 Å². The first kappa shape index (κ1) is 60.4. The fourth-order valence-electron chi connectivity index (χ4n) is 4.36. The summed E-state index contributed by atoms with van der Waals surface area (Å²) in [5, 5.41) is 0. The molecule has 52 heavy (non-hydrogen) atoms. The topological polar surface area (TPSA) is 176 Å². The zero-order valence-corrected chi connectivity index (χ0v) is 40.3. The van der Waals surface area contributed by atoms with Gasteiger partial charge in [-0.15, -0.1) is 0 Å². The van der Waals surface area contributed by atoms with Crippen LogP contribution in [0.5, 0.6) is 0 Å². The minimum Gasteiger partial charge on any atom is -0.756 e. The molecule has 0 amide bonds. The van der Waals surface area contributed by atoms with Gasteiger partial charge < -0.3 is 41.8 Å². The van der Waals surface area contributed by atoms with Crippen LogP contribution in [-0.2, 0) is 40.8 Å². The van der Waals surface area contributed by atoms with Gasteiger partial charge in [0.2, 0.25) is 0 Å². The molecule has 6 unspecified atom stereocenters. The molecule has 12 nitrogen and oxygen atoms in total. The molecule has 0 aliphatic carbocycles. The monoisotopic (exact) mass is 937 g/mol. The second-order valence-electron chi connectivity index (χ2n) is 13.0. The van der Waals surface area contributed by atoms with Gasteiger partial charge in [0.05, 0.1) is 39.6 Å². The van der Waals surface area contributed by atoms with Crippen LogP contribution in [-0.4, -0.2) is 39.6 Å². The van der Waals surface area contributed by atoms with Gasteiger partial charge in [0.15, 0.2) is 0 Å². The number of rotatable bonds is 33. The maximum atomic E-state index is 11.4. The molecule has 0 aromatic carbocycles. The van der Waals surface area contributed by atoms with E-state index in [2.05, 4.69) is 41.5 Å². The van der Waals surface area contributed by atoms with E-state index >= 15 is 0 Å². The first-order valence-corrected chi connectivity index (χ1v) is 24.3. The van der Waals surface area contributed by atoms with Gasteiger partial charge >= 0.3 is 40.8 Å². The molecule has 0 rings (SSSR count). The van der Waals surface area contributed by atoms with E-state index in [0.717, 1.165) is 116 Å². The van der Waals surface area contributed by atoms with Crippen LogP contribution in [0.2, 0.25) is 0 Å². The molecular formula is C36H78NdO12P3. The molecule has 6 atom stereocenters. The van der Waals surface area contributed by atoms with Gasteiger partial charge in [0.25, 0.3) is 23.5 Å². The summed E-state index contributed by atoms with van der Waals surface area (Å²) < 4.78 is 63.1. The van der Waals surface area contributed by atoms with Crippen LogP contribution in [0.25, 0.3) is 0 Å². The third kappa shape index (κ3) is 42.8. The maximum Gasteiger partial charge on any atom is 3.00 e. The number of unbranched alkanes of at least 4 members (excludes halogenated alkanes) is 6. The van der Waals surface area contributed by atoms with Crippen LogP contribution in [0.3, 0.4) is 0 Å². The first-order valence-electron chi connectivity index (χ1n) is 20.0. The normalized spacial score (nSPS) is 16.4. The third-order valence-electron chi connectivity index (χ3n) is 8.28. The van der Waals surface area contributed by atoms with Crippen LogP contribution in [0.1, 0.15) is 178 Å². The molecule has 0 bridgehead atoms. The van der Waals surface area contributed by atoms with E-state index in [9.17, 15) is 28.4 Å². The SMILES string of the molecule is CCCCOP(=O)([O-])OCC(CC)CCCC.CCCCOP(=O)([O-])OCC(CC)CCCC.CCCCOP(=O)([O-])OCC(CC)CCCC.[Nd+3]. The minimum atomic E-state index is -4.07. The average Bonchev–Trinajstić information content (AvgIpc) is 3.09. The Kier molecular flexibility index (Phi) is 47.4. The van der Waals surface area contributed by atoms with E-state index in [4.69, 9.17) is 27.1 Å². The Hall–Kier alpha value is 1.68. The van der Waals surface area contributed by atoms with Crippen molar-refractivity contribution in [3.63, 3.8) is 0 Å². The Bertz CT molecular complexity index is 778. The van der Waals surface area contributed by atoms with Crippen LogP contribution < -0.4 is 14.7 Å². The minimum absolute atomic E-state index is 0. The van der Waals surface area contributed by atoms with Crippen molar-refractivity contribution in [3.8, 4) is 0 Å². The summed E-state index contributed by atoms with van der Waals surface area (Å²) in [7, 11) is -12.2. The number of phosphoric ester groups is 3. The molecule has 0 aromatic heterocycles. The zero-order chi connectivity index (χ0) is 39.4. The largest absolute Gasteiger partial charge is 3.00 e. The molecule has 0 heterocycles. The standard InChI is InChI=1S/3C12H27O4P.Nd/c3*1-4-7-9-12(6-3)11-16-17(13,14)15-10-8-5-2;/h3*12H,4-11H2,1-3H3,(H,13,14);/q;;;+3/p-3. The second kappa shape index (κ2) is 40.9. The van der Waals surface area contributed by atoms with E-state index in [0.29, 0.717) is 17.8 Å². The van der Waals surface area contributed by atoms with Gasteiger partial charge in [-0.3, -0.25) is 13.7 Å². The summed E-state index contributed by atoms with van der Waals surface area (Å²) in [5.74, 6) is 0.936. The Morgan fingerprint density at radius 3 is 0.769 bits per heavy atom. The van der Waals surface area contributed by atoms with Gasteiger partial charge in [-0.1, -0.05) is 139 Å². The third-order valence-corrected chi connectivity index (χ3v) is 11.2. The molecule has 0 aliphatic rings. The van der Waals surface area contributed by atoms with Crippen molar-refractivity contribution in [2.24, 2.45) is 17.8 Å². The second-order valence-corrected chi connectivity index (χ2v) is 17.3. The number of hydrogen-bond donors (Lipinski definition) is 0. The van der Waals surface area contributed by atoms with Crippen LogP contribution in [0, 0.1) is 58.6 Å². The van der Waals surface area contributed by atoms with Crippen molar-refractivity contribution in [3.05, 3.63) is 0 Å². The van der Waals surface area contributed by atoms with Crippen molar-refractivity contribution < 1.29 is 96.4 Å². The van der Waals surface area contributed by atoms with Crippen molar-refractivity contribution in [1.82, 2.24) is 0 Å². The summed E-state index contributed by atoms with van der Waals surface area (Å²) in [6.07, 6.45) is 17.5. The van der Waals surface area contributed by atoms with Crippen LogP contribution in [0.15, 0.2) is 0 Å². The Labute approximate surface area is 352 Å². The van der Waals surface area contributed by atoms with Crippen LogP contribution in [0.4, 0.5) is 0 Å². The summed E-state index contributed by atoms with van der Waals surface area (Å²) in [5.41, 5.74) is 0. The molecule has 1 radical (unpaired) electrons. The average molecular weight is 940 g/mol. The number of phosphoric acid groups is 3. The van der Waals surface area contributed by atoms with Gasteiger partial charge in [-0.25, -0.2) is 0 Å². The molecule has 0 N–H and O–H groups in total. The van der Waals surface area contributed by atoms with Crippen molar-refractivity contribution in [2.75, 3.05) is 39.6 Å². The van der Waals surface area contributed by atoms with Gasteiger partial charge in [0, 0.05) is 0 Å². The summed E-state index contributed by atoms with van der Waals surface area (Å²) in [4.78, 5) is 34.1. The zero-order valence-electron chi connectivity index (χ0n) is 34.4. The predicted octanol–water partition coefficient (Wildman–Crippen LogP) is 10.5. The molecule has 0 saturated carbocycles. The van der Waals surface area contributed by atoms with Crippen molar-refractivity contribution in [2.45, 2.75) is 178 Å². The van der Waals surface area contributed by atoms with E-state index < -0.39 is 23.5 Å². The van der Waals surface area contributed by atoms with Crippen LogP contribution >= 0.6 is 23.5 Å². The Balaban J connectivity index is -0.000000329.